The van der Waals surface area contributed by atoms with Crippen molar-refractivity contribution >= 4 is 17.5 Å². The van der Waals surface area contributed by atoms with Crippen LogP contribution in [-0.2, 0) is 0 Å². The highest BCUT2D eigenvalue weighted by atomic mass is 35.5. The van der Waals surface area contributed by atoms with Gasteiger partial charge in [0.15, 0.2) is 0 Å². The monoisotopic (exact) mass is 314 g/mol. The van der Waals surface area contributed by atoms with Crippen LogP contribution in [0.3, 0.4) is 0 Å². The molecule has 2 atom stereocenters. The number of rotatable bonds is 3. The molecule has 2 unspecified atom stereocenters. The van der Waals surface area contributed by atoms with Gasteiger partial charge in [0, 0.05) is 23.2 Å². The molecule has 0 radical (unpaired) electrons. The number of carbonyl (C=O) groups is 1. The molecule has 0 amide bonds. The minimum absolute atomic E-state index is 0.00610. The molecule has 0 bridgehead atoms. The lowest BCUT2D eigenvalue weighted by Crippen LogP contribution is -2.29. The first-order valence-electron chi connectivity index (χ1n) is 7.58. The van der Waals surface area contributed by atoms with Gasteiger partial charge in [-0.15, -0.1) is 0 Å². The molecule has 1 aliphatic carbocycles. The third-order valence-corrected chi connectivity index (χ3v) is 4.22. The first-order chi connectivity index (χ1) is 10.6. The second-order valence-corrected chi connectivity index (χ2v) is 6.37. The van der Waals surface area contributed by atoms with Gasteiger partial charge in [0.1, 0.15) is 5.49 Å². The van der Waals surface area contributed by atoms with Crippen LogP contribution in [-0.4, -0.2) is 16.5 Å². The third-order valence-electron chi connectivity index (χ3n) is 3.88. The van der Waals surface area contributed by atoms with E-state index < -0.39 is 0 Å². The molecule has 1 saturated carbocycles. The largest absolute Gasteiger partial charge is 0.274 e. The smallest absolute Gasteiger partial charge is 0.235 e. The van der Waals surface area contributed by atoms with E-state index in [2.05, 4.69) is 4.99 Å². The van der Waals surface area contributed by atoms with Crippen molar-refractivity contribution in [3.05, 3.63) is 64.7 Å². The summed E-state index contributed by atoms with van der Waals surface area (Å²) in [6.45, 7) is 4.01. The Kier molecular flexibility index (Phi) is 4.16. The molecule has 0 spiro atoms. The van der Waals surface area contributed by atoms with Gasteiger partial charge in [0.05, 0.1) is 0 Å². The van der Waals surface area contributed by atoms with E-state index in [1.165, 1.54) is 0 Å². The Morgan fingerprint density at radius 2 is 1.95 bits per heavy atom. The van der Waals surface area contributed by atoms with Crippen molar-refractivity contribution in [2.45, 2.75) is 32.2 Å². The minimum Gasteiger partial charge on any atom is -0.274 e. The Bertz CT molecular complexity index is 763. The molecule has 1 aromatic heterocycles. The van der Waals surface area contributed by atoms with Crippen molar-refractivity contribution in [3.8, 4) is 0 Å². The van der Waals surface area contributed by atoms with Crippen molar-refractivity contribution in [2.24, 2.45) is 10.9 Å². The molecule has 3 rings (SSSR count). The van der Waals surface area contributed by atoms with E-state index in [-0.39, 0.29) is 23.8 Å². The summed E-state index contributed by atoms with van der Waals surface area (Å²) in [5.74, 6) is 0.319. The predicted octanol–water partition coefficient (Wildman–Crippen LogP) is 3.89. The van der Waals surface area contributed by atoms with Gasteiger partial charge < -0.3 is 0 Å². The lowest BCUT2D eigenvalue weighted by Gasteiger charge is -2.07. The average molecular weight is 315 g/mol. The summed E-state index contributed by atoms with van der Waals surface area (Å²) in [6.07, 6.45) is 2.65. The topological polar surface area (TPSA) is 34.4 Å². The number of aromatic nitrogens is 1. The lowest BCUT2D eigenvalue weighted by atomic mass is 10.1. The second-order valence-electron chi connectivity index (χ2n) is 5.96. The number of carbonyl (C=O) groups excluding carboxylic acids is 1. The fourth-order valence-electron chi connectivity index (χ4n) is 2.76. The number of hydrogen-bond acceptors (Lipinski definition) is 2. The van der Waals surface area contributed by atoms with E-state index in [4.69, 9.17) is 11.6 Å². The first-order valence-corrected chi connectivity index (χ1v) is 7.96. The summed E-state index contributed by atoms with van der Waals surface area (Å²) in [4.78, 5) is 17.3. The highest BCUT2D eigenvalue weighted by Gasteiger charge is 2.45. The fraction of sp³-hybridized carbons (Fsp3) is 0.333. The van der Waals surface area contributed by atoms with Gasteiger partial charge in [-0.1, -0.05) is 35.9 Å². The first kappa shape index (κ1) is 15.0. The molecule has 1 aromatic carbocycles. The molecule has 22 heavy (non-hydrogen) atoms. The number of nitrogens with zero attached hydrogens (tertiary/aromatic N) is 2. The summed E-state index contributed by atoms with van der Waals surface area (Å²) in [5.41, 5.74) is 1.79. The van der Waals surface area contributed by atoms with Crippen molar-refractivity contribution in [1.82, 2.24) is 4.57 Å². The number of halogens is 1. The lowest BCUT2D eigenvalue weighted by molar-refractivity contribution is 0.0877. The van der Waals surface area contributed by atoms with E-state index in [0.29, 0.717) is 5.49 Å². The third kappa shape index (κ3) is 3.00. The summed E-state index contributed by atoms with van der Waals surface area (Å²) in [7, 11) is 0. The molecule has 1 fully saturated rings. The summed E-state index contributed by atoms with van der Waals surface area (Å²) >= 11 is 6.24. The van der Waals surface area contributed by atoms with Crippen LogP contribution in [0.4, 0.5) is 0 Å². The van der Waals surface area contributed by atoms with Crippen LogP contribution in [0.5, 0.6) is 0 Å². The fourth-order valence-corrected chi connectivity index (χ4v) is 3.03. The maximum Gasteiger partial charge on any atom is 0.235 e. The summed E-state index contributed by atoms with van der Waals surface area (Å²) < 4.78 is 1.67. The Balaban J connectivity index is 1.87. The van der Waals surface area contributed by atoms with Gasteiger partial charge in [0.25, 0.3) is 0 Å². The molecule has 114 valence electrons. The Hall–Kier alpha value is -1.87. The van der Waals surface area contributed by atoms with Crippen molar-refractivity contribution < 1.29 is 4.79 Å². The Labute approximate surface area is 135 Å². The normalized spacial score (nSPS) is 21.2. The van der Waals surface area contributed by atoms with Gasteiger partial charge >= 0.3 is 0 Å². The second kappa shape index (κ2) is 6.09. The van der Waals surface area contributed by atoms with E-state index in [0.717, 1.165) is 17.0 Å². The predicted molar refractivity (Wildman–Crippen MR) is 88.1 cm³/mol. The van der Waals surface area contributed by atoms with Crippen LogP contribution in [0, 0.1) is 5.92 Å². The maximum atomic E-state index is 12.8. The van der Waals surface area contributed by atoms with Gasteiger partial charge in [-0.3, -0.25) is 14.4 Å². The van der Waals surface area contributed by atoms with E-state index >= 15 is 0 Å². The zero-order valence-electron chi connectivity index (χ0n) is 12.7. The van der Waals surface area contributed by atoms with E-state index in [1.54, 1.807) is 10.8 Å². The van der Waals surface area contributed by atoms with Gasteiger partial charge in [-0.2, -0.15) is 0 Å². The molecule has 1 heterocycles. The highest BCUT2D eigenvalue weighted by molar-refractivity contribution is 6.31. The Morgan fingerprint density at radius 1 is 1.23 bits per heavy atom. The molecular weight excluding hydrogens is 296 g/mol. The number of benzene rings is 1. The molecule has 0 N–H and O–H groups in total. The standard InChI is InChI=1S/C18H19ClN2O/c1-12(2)20-17-9-5-6-10-21(17)18(22)15-11-14(15)13-7-3-4-8-16(13)19/h3-10,12,14-15H,11H2,1-2H3. The Morgan fingerprint density at radius 3 is 2.68 bits per heavy atom. The van der Waals surface area contributed by atoms with Crippen LogP contribution in [0.15, 0.2) is 53.7 Å². The van der Waals surface area contributed by atoms with E-state index in [1.807, 2.05) is 56.3 Å². The summed E-state index contributed by atoms with van der Waals surface area (Å²) in [5, 5.41) is 0.743. The molecule has 3 nitrogen and oxygen atoms in total. The highest BCUT2D eigenvalue weighted by Crippen LogP contribution is 2.50. The molecular formula is C18H19ClN2O. The minimum atomic E-state index is -0.00610. The molecule has 0 saturated heterocycles. The quantitative estimate of drug-likeness (QED) is 0.846. The average Bonchev–Trinajstić information content (AvgIpc) is 3.27. The van der Waals surface area contributed by atoms with Crippen molar-refractivity contribution in [2.75, 3.05) is 0 Å². The van der Waals surface area contributed by atoms with Gasteiger partial charge in [-0.05, 0) is 49.9 Å². The molecule has 2 aromatic rings. The number of hydrogen-bond donors (Lipinski definition) is 0. The molecule has 0 aliphatic heterocycles. The van der Waals surface area contributed by atoms with Gasteiger partial charge in [0.2, 0.25) is 5.91 Å². The molecule has 4 heteroatoms. The SMILES string of the molecule is CC(C)N=c1ccccn1C(=O)C1CC1c1ccccc1Cl. The van der Waals surface area contributed by atoms with Gasteiger partial charge in [-0.25, -0.2) is 0 Å². The molecule has 1 aliphatic rings. The van der Waals surface area contributed by atoms with Crippen LogP contribution >= 0.6 is 11.6 Å². The zero-order valence-corrected chi connectivity index (χ0v) is 13.5. The zero-order chi connectivity index (χ0) is 15.7. The van der Waals surface area contributed by atoms with Crippen molar-refractivity contribution in [1.29, 1.82) is 0 Å². The van der Waals surface area contributed by atoms with Crippen LogP contribution in [0.2, 0.25) is 5.02 Å². The van der Waals surface area contributed by atoms with Crippen LogP contribution < -0.4 is 5.49 Å². The van der Waals surface area contributed by atoms with Crippen molar-refractivity contribution in [3.63, 3.8) is 0 Å². The van der Waals surface area contributed by atoms with Crippen LogP contribution in [0.1, 0.15) is 36.5 Å². The maximum absolute atomic E-state index is 12.8. The van der Waals surface area contributed by atoms with E-state index in [9.17, 15) is 4.79 Å². The summed E-state index contributed by atoms with van der Waals surface area (Å²) in [6, 6.07) is 13.6. The van der Waals surface area contributed by atoms with Crippen LogP contribution in [0.25, 0.3) is 0 Å². The number of pyridine rings is 1.